The molecule has 72 heavy (non-hydrogen) atoms. The summed E-state index contributed by atoms with van der Waals surface area (Å²) in [7, 11) is -1.70. The molecule has 0 spiro atoms. The van der Waals surface area contributed by atoms with Crippen molar-refractivity contribution >= 4 is 91.2 Å². The summed E-state index contributed by atoms with van der Waals surface area (Å²) in [4.78, 5) is 5.52. The Morgan fingerprint density at radius 2 is 1.00 bits per heavy atom. The van der Waals surface area contributed by atoms with Gasteiger partial charge in [-0.2, -0.15) is 0 Å². The van der Waals surface area contributed by atoms with Gasteiger partial charge in [-0.1, -0.05) is 156 Å². The van der Waals surface area contributed by atoms with Crippen molar-refractivity contribution in [2.75, 3.05) is 9.80 Å². The molecule has 5 heteroatoms. The Kier molecular flexibility index (Phi) is 10.3. The highest BCUT2D eigenvalue weighted by atomic mass is 32.1. The largest absolute Gasteiger partial charge is 0.311 e. The third-order valence-corrected chi connectivity index (χ3v) is 22.6. The first-order chi connectivity index (χ1) is 33.6. The standard InChI is InChI=1S/C67H79BN2SSi/c1-40-32-56-59-57(33-40)70(54-25-23-43(72(15,16)17)35-45(54)44-21-19-18-20-41(44)2)55-38-51-50(65(9,10)29-30-66(51,11)12)37-53(55)68(59)61-60(46-36-49-52(39-58(46)71-61)67(13,14)31-28-64(49,7)8)69(56)42-22-24-47-48(34-42)63(5,6)27-26-62(47,3)4/h18-25,32-39H,26-31H2,1-17H3. The normalized spacial score (nSPS) is 20.3. The number of anilines is 6. The number of hydrogen-bond acceptors (Lipinski definition) is 3. The molecule has 6 aromatic carbocycles. The zero-order chi connectivity index (χ0) is 51.2. The topological polar surface area (TPSA) is 6.48 Å². The molecule has 0 saturated carbocycles. The van der Waals surface area contributed by atoms with E-state index in [2.05, 4.69) is 235 Å². The van der Waals surface area contributed by atoms with Crippen LogP contribution < -0.4 is 30.7 Å². The molecule has 0 saturated heterocycles. The van der Waals surface area contributed by atoms with Crippen LogP contribution in [0.5, 0.6) is 0 Å². The van der Waals surface area contributed by atoms with Crippen LogP contribution in [0.1, 0.15) is 166 Å². The minimum absolute atomic E-state index is 0.0454. The van der Waals surface area contributed by atoms with Crippen molar-refractivity contribution < 1.29 is 0 Å². The van der Waals surface area contributed by atoms with Crippen molar-refractivity contribution in [3.63, 3.8) is 0 Å². The fourth-order valence-corrected chi connectivity index (χ4v) is 16.8. The van der Waals surface area contributed by atoms with E-state index in [-0.39, 0.29) is 39.2 Å². The van der Waals surface area contributed by atoms with Crippen molar-refractivity contribution in [3.05, 3.63) is 142 Å². The van der Waals surface area contributed by atoms with Gasteiger partial charge in [0, 0.05) is 43.2 Å². The maximum atomic E-state index is 2.77. The molecule has 5 aliphatic rings. The summed E-state index contributed by atoms with van der Waals surface area (Å²) in [5.74, 6) is 0. The van der Waals surface area contributed by atoms with Gasteiger partial charge in [-0.05, 0) is 194 Å². The molecule has 0 radical (unpaired) electrons. The fraction of sp³-hybridized carbons (Fsp3) is 0.433. The van der Waals surface area contributed by atoms with Gasteiger partial charge < -0.3 is 9.80 Å². The predicted molar refractivity (Wildman–Crippen MR) is 320 cm³/mol. The number of nitrogens with zero attached hydrogens (tertiary/aromatic N) is 2. The van der Waals surface area contributed by atoms with E-state index < -0.39 is 8.07 Å². The molecule has 0 bridgehead atoms. The second-order valence-electron chi connectivity index (χ2n) is 28.3. The summed E-state index contributed by atoms with van der Waals surface area (Å²) in [5.41, 5.74) is 25.7. The lowest BCUT2D eigenvalue weighted by atomic mass is 9.35. The summed E-state index contributed by atoms with van der Waals surface area (Å²) < 4.78 is 2.91. The van der Waals surface area contributed by atoms with Crippen LogP contribution in [0.15, 0.2) is 97.1 Å². The van der Waals surface area contributed by atoms with Gasteiger partial charge in [0.25, 0.3) is 6.71 Å². The van der Waals surface area contributed by atoms with Crippen LogP contribution in [0.2, 0.25) is 19.6 Å². The zero-order valence-electron chi connectivity index (χ0n) is 46.9. The third kappa shape index (κ3) is 7.04. The van der Waals surface area contributed by atoms with Gasteiger partial charge in [0.05, 0.1) is 19.4 Å². The molecule has 0 fully saturated rings. The van der Waals surface area contributed by atoms with Gasteiger partial charge in [-0.25, -0.2) is 0 Å². The Bertz CT molecular complexity index is 3460. The first kappa shape index (κ1) is 48.1. The summed E-state index contributed by atoms with van der Waals surface area (Å²) >= 11 is 2.09. The molecule has 12 rings (SSSR count). The van der Waals surface area contributed by atoms with Gasteiger partial charge in [-0.15, -0.1) is 11.3 Å². The lowest BCUT2D eigenvalue weighted by Crippen LogP contribution is -2.61. The van der Waals surface area contributed by atoms with E-state index in [1.165, 1.54) is 154 Å². The van der Waals surface area contributed by atoms with E-state index in [4.69, 9.17) is 0 Å². The first-order valence-corrected chi connectivity index (χ1v) is 31.8. The van der Waals surface area contributed by atoms with Crippen LogP contribution in [-0.2, 0) is 32.5 Å². The summed E-state index contributed by atoms with van der Waals surface area (Å²) in [6.45, 7) is 42.2. The average molecular weight is 983 g/mol. The second-order valence-corrected chi connectivity index (χ2v) is 34.5. The summed E-state index contributed by atoms with van der Waals surface area (Å²) in [6, 6.07) is 40.2. The fourth-order valence-electron chi connectivity index (χ4n) is 14.3. The summed E-state index contributed by atoms with van der Waals surface area (Å²) in [5, 5.41) is 2.91. The highest BCUT2D eigenvalue weighted by molar-refractivity contribution is 7.33. The molecule has 2 aliphatic heterocycles. The van der Waals surface area contributed by atoms with Gasteiger partial charge >= 0.3 is 0 Å². The van der Waals surface area contributed by atoms with Gasteiger partial charge in [-0.3, -0.25) is 0 Å². The van der Waals surface area contributed by atoms with Crippen LogP contribution in [0, 0.1) is 13.8 Å². The SMILES string of the molecule is Cc1cc2c3c(c1)N(c1ccc4c(c1)C(C)(C)CCC4(C)C)c1c(sc4cc5c(cc14)C(C)(C)CCC5(C)C)B3c1cc3c(cc1N2c1ccc([Si](C)(C)C)cc1-c1ccccc1C)C(C)(C)CCC3(C)C. The van der Waals surface area contributed by atoms with Gasteiger partial charge in [0.1, 0.15) is 0 Å². The monoisotopic (exact) mass is 983 g/mol. The second kappa shape index (κ2) is 15.4. The number of fused-ring (bicyclic) bond motifs is 9. The van der Waals surface area contributed by atoms with Crippen LogP contribution in [0.3, 0.4) is 0 Å². The highest BCUT2D eigenvalue weighted by Gasteiger charge is 2.49. The van der Waals surface area contributed by atoms with E-state index in [0.717, 1.165) is 0 Å². The van der Waals surface area contributed by atoms with E-state index in [9.17, 15) is 0 Å². The molecule has 2 nitrogen and oxygen atoms in total. The Labute approximate surface area is 438 Å². The van der Waals surface area contributed by atoms with E-state index in [1.807, 2.05) is 0 Å². The van der Waals surface area contributed by atoms with Crippen LogP contribution in [-0.4, -0.2) is 14.8 Å². The molecule has 7 aromatic rings. The summed E-state index contributed by atoms with van der Waals surface area (Å²) in [6.07, 6.45) is 7.15. The predicted octanol–water partition coefficient (Wildman–Crippen LogP) is 16.9. The van der Waals surface area contributed by atoms with Gasteiger partial charge in [0.15, 0.2) is 0 Å². The molecule has 0 unspecified atom stereocenters. The average Bonchev–Trinajstić information content (AvgIpc) is 3.68. The number of thiophene rings is 1. The van der Waals surface area contributed by atoms with Crippen molar-refractivity contribution in [2.24, 2.45) is 0 Å². The molecule has 0 atom stereocenters. The maximum absolute atomic E-state index is 2.77. The van der Waals surface area contributed by atoms with E-state index in [1.54, 1.807) is 5.56 Å². The quantitative estimate of drug-likeness (QED) is 0.162. The smallest absolute Gasteiger partial charge is 0.264 e. The minimum Gasteiger partial charge on any atom is -0.311 e. The molecular formula is C67H79BN2SSi. The zero-order valence-corrected chi connectivity index (χ0v) is 48.7. The molecule has 3 aliphatic carbocycles. The molecule has 0 amide bonds. The molecule has 3 heterocycles. The molecule has 370 valence electrons. The van der Waals surface area contributed by atoms with Crippen molar-refractivity contribution in [1.29, 1.82) is 0 Å². The minimum atomic E-state index is -1.70. The van der Waals surface area contributed by atoms with Crippen molar-refractivity contribution in [1.82, 2.24) is 0 Å². The Balaban J connectivity index is 1.24. The first-order valence-electron chi connectivity index (χ1n) is 27.5. The Morgan fingerprint density at radius 1 is 0.472 bits per heavy atom. The van der Waals surface area contributed by atoms with Gasteiger partial charge in [0.2, 0.25) is 0 Å². The number of rotatable bonds is 4. The van der Waals surface area contributed by atoms with E-state index in [0.29, 0.717) is 0 Å². The molecule has 1 aromatic heterocycles. The Hall–Kier alpha value is -4.84. The maximum Gasteiger partial charge on any atom is 0.264 e. The van der Waals surface area contributed by atoms with Crippen LogP contribution >= 0.6 is 11.3 Å². The van der Waals surface area contributed by atoms with Crippen molar-refractivity contribution in [3.8, 4) is 11.1 Å². The van der Waals surface area contributed by atoms with Crippen LogP contribution in [0.25, 0.3) is 21.2 Å². The third-order valence-electron chi connectivity index (χ3n) is 19.4. The highest BCUT2D eigenvalue weighted by Crippen LogP contribution is 2.56. The van der Waals surface area contributed by atoms with Crippen molar-refractivity contribution in [2.45, 2.75) is 188 Å². The Morgan fingerprint density at radius 3 is 1.60 bits per heavy atom. The van der Waals surface area contributed by atoms with E-state index >= 15 is 0 Å². The van der Waals surface area contributed by atoms with Crippen LogP contribution in [0.4, 0.5) is 34.1 Å². The molecular weight excluding hydrogens is 904 g/mol. The molecule has 0 N–H and O–H groups in total. The lowest BCUT2D eigenvalue weighted by molar-refractivity contribution is 0.332. The number of benzene rings is 6. The lowest BCUT2D eigenvalue weighted by Gasteiger charge is -2.47. The number of hydrogen-bond donors (Lipinski definition) is 0. The number of aryl methyl sites for hydroxylation is 2.